The summed E-state index contributed by atoms with van der Waals surface area (Å²) in [4.78, 5) is 30.4. The molecule has 0 aliphatic rings. The maximum absolute atomic E-state index is 12.4. The molecule has 1 aromatic heterocycles. The first-order chi connectivity index (χ1) is 15.0. The summed E-state index contributed by atoms with van der Waals surface area (Å²) >= 11 is 0. The molecule has 4 aromatic rings. The van der Waals surface area contributed by atoms with Gasteiger partial charge in [0.1, 0.15) is 17.3 Å². The quantitative estimate of drug-likeness (QED) is 0.343. The molecule has 31 heavy (non-hydrogen) atoms. The summed E-state index contributed by atoms with van der Waals surface area (Å²) in [5.74, 6) is 1.10. The summed E-state index contributed by atoms with van der Waals surface area (Å²) < 4.78 is 10.8. The van der Waals surface area contributed by atoms with Gasteiger partial charge in [-0.3, -0.25) is 14.9 Å². The summed E-state index contributed by atoms with van der Waals surface area (Å²) in [6.07, 6.45) is 0. The van der Waals surface area contributed by atoms with Crippen LogP contribution < -0.4 is 14.8 Å². The number of benzene rings is 3. The lowest BCUT2D eigenvalue weighted by Gasteiger charge is -2.12. The number of carbonyl (C=O) groups is 1. The van der Waals surface area contributed by atoms with E-state index < -0.39 is 10.8 Å². The molecule has 4 rings (SSSR count). The first-order valence-electron chi connectivity index (χ1n) is 9.34. The number of fused-ring (bicyclic) bond motifs is 1. The topological polar surface area (TPSA) is 119 Å². The summed E-state index contributed by atoms with van der Waals surface area (Å²) in [5, 5.41) is 13.5. The van der Waals surface area contributed by atoms with Gasteiger partial charge in [-0.15, -0.1) is 0 Å². The Kier molecular flexibility index (Phi) is 5.48. The van der Waals surface area contributed by atoms with Gasteiger partial charge < -0.3 is 19.8 Å². The van der Waals surface area contributed by atoms with Crippen molar-refractivity contribution in [2.24, 2.45) is 0 Å². The number of para-hydroxylation sites is 2. The van der Waals surface area contributed by atoms with Gasteiger partial charge in [0.25, 0.3) is 11.6 Å². The second kappa shape index (κ2) is 8.54. The Morgan fingerprint density at radius 2 is 1.90 bits per heavy atom. The first kappa shape index (κ1) is 19.9. The molecule has 1 amide bonds. The zero-order valence-electron chi connectivity index (χ0n) is 16.5. The molecule has 0 fully saturated rings. The molecule has 1 heterocycles. The number of anilines is 1. The zero-order valence-corrected chi connectivity index (χ0v) is 16.5. The molecule has 0 atom stereocenters. The minimum Gasteiger partial charge on any atom is -0.495 e. The van der Waals surface area contributed by atoms with Crippen LogP contribution in [0.2, 0.25) is 0 Å². The van der Waals surface area contributed by atoms with Crippen molar-refractivity contribution in [2.45, 2.75) is 0 Å². The smallest absolute Gasteiger partial charge is 0.269 e. The van der Waals surface area contributed by atoms with Gasteiger partial charge in [0, 0.05) is 17.7 Å². The zero-order chi connectivity index (χ0) is 21.8. The predicted molar refractivity (Wildman–Crippen MR) is 115 cm³/mol. The average molecular weight is 418 g/mol. The van der Waals surface area contributed by atoms with Crippen molar-refractivity contribution in [3.63, 3.8) is 0 Å². The van der Waals surface area contributed by atoms with Gasteiger partial charge in [-0.1, -0.05) is 12.1 Å². The molecular formula is C22H18N4O5. The van der Waals surface area contributed by atoms with Gasteiger partial charge in [0.05, 0.1) is 28.8 Å². The van der Waals surface area contributed by atoms with Gasteiger partial charge in [-0.05, 0) is 42.5 Å². The number of rotatable bonds is 7. The lowest BCUT2D eigenvalue weighted by Crippen LogP contribution is -2.20. The molecule has 9 heteroatoms. The Bertz CT molecular complexity index is 1220. The fourth-order valence-electron chi connectivity index (χ4n) is 3.04. The Morgan fingerprint density at radius 3 is 2.61 bits per heavy atom. The molecule has 3 aromatic carbocycles. The van der Waals surface area contributed by atoms with Gasteiger partial charge in [-0.2, -0.15) is 0 Å². The number of ether oxygens (including phenoxy) is 2. The Balaban J connectivity index is 1.48. The van der Waals surface area contributed by atoms with Crippen molar-refractivity contribution in [1.29, 1.82) is 0 Å². The molecule has 0 saturated carbocycles. The van der Waals surface area contributed by atoms with Crippen LogP contribution in [0.4, 0.5) is 11.4 Å². The molecule has 0 saturated heterocycles. The van der Waals surface area contributed by atoms with Crippen LogP contribution in [0.25, 0.3) is 22.4 Å². The number of carbonyl (C=O) groups excluding carboxylic acids is 1. The number of hydrogen-bond acceptors (Lipinski definition) is 6. The van der Waals surface area contributed by atoms with Crippen LogP contribution in [0.1, 0.15) is 0 Å². The van der Waals surface area contributed by atoms with E-state index in [1.54, 1.807) is 12.1 Å². The van der Waals surface area contributed by atoms with Crippen LogP contribution >= 0.6 is 0 Å². The molecule has 0 spiro atoms. The number of aromatic amines is 1. The summed E-state index contributed by atoms with van der Waals surface area (Å²) in [6.45, 7) is -0.268. The highest BCUT2D eigenvalue weighted by Gasteiger charge is 2.13. The largest absolute Gasteiger partial charge is 0.495 e. The molecule has 0 unspecified atom stereocenters. The maximum Gasteiger partial charge on any atom is 0.269 e. The summed E-state index contributed by atoms with van der Waals surface area (Å²) in [5.41, 5.74) is 2.95. The van der Waals surface area contributed by atoms with Crippen molar-refractivity contribution in [2.75, 3.05) is 19.0 Å². The Hall–Kier alpha value is -4.40. The second-order valence-corrected chi connectivity index (χ2v) is 6.61. The molecule has 0 aliphatic carbocycles. The molecule has 0 radical (unpaired) electrons. The van der Waals surface area contributed by atoms with Crippen LogP contribution in [0.5, 0.6) is 11.5 Å². The highest BCUT2D eigenvalue weighted by atomic mass is 16.6. The number of nitro benzene ring substituents is 1. The van der Waals surface area contributed by atoms with Crippen molar-refractivity contribution >= 4 is 28.3 Å². The van der Waals surface area contributed by atoms with E-state index in [0.717, 1.165) is 16.6 Å². The average Bonchev–Trinajstić information content (AvgIpc) is 3.22. The summed E-state index contributed by atoms with van der Waals surface area (Å²) in [7, 11) is 1.51. The highest BCUT2D eigenvalue weighted by Crippen LogP contribution is 2.30. The number of aromatic nitrogens is 2. The van der Waals surface area contributed by atoms with E-state index in [2.05, 4.69) is 15.3 Å². The van der Waals surface area contributed by atoms with Gasteiger partial charge in [0.15, 0.2) is 6.61 Å². The Morgan fingerprint density at radius 1 is 1.13 bits per heavy atom. The number of nitrogens with zero attached hydrogens (tertiary/aromatic N) is 2. The third-order valence-electron chi connectivity index (χ3n) is 4.55. The SMILES string of the molecule is COc1ccc(-c2nc3ccccc3[nH]2)cc1NC(=O)COc1ccc([N+](=O)[O-])cc1. The first-order valence-corrected chi connectivity index (χ1v) is 9.34. The van der Waals surface area contributed by atoms with Crippen LogP contribution in [0.3, 0.4) is 0 Å². The standard InChI is InChI=1S/C22H18N4O5/c1-30-20-11-6-14(22-24-17-4-2-3-5-18(17)25-22)12-19(20)23-21(27)13-31-16-9-7-15(8-10-16)26(28)29/h2-12H,13H2,1H3,(H,23,27)(H,24,25). The maximum atomic E-state index is 12.4. The van der Waals surface area contributed by atoms with E-state index in [4.69, 9.17) is 9.47 Å². The number of H-pyrrole nitrogens is 1. The monoisotopic (exact) mass is 418 g/mol. The molecule has 0 aliphatic heterocycles. The van der Waals surface area contributed by atoms with E-state index in [1.807, 2.05) is 30.3 Å². The van der Waals surface area contributed by atoms with Crippen LogP contribution in [-0.2, 0) is 4.79 Å². The van der Waals surface area contributed by atoms with E-state index in [-0.39, 0.29) is 12.3 Å². The third-order valence-corrected chi connectivity index (χ3v) is 4.55. The predicted octanol–water partition coefficient (Wildman–Crippen LogP) is 4.16. The molecular weight excluding hydrogens is 400 g/mol. The highest BCUT2D eigenvalue weighted by molar-refractivity contribution is 5.94. The lowest BCUT2D eigenvalue weighted by atomic mass is 10.1. The minimum absolute atomic E-state index is 0.0519. The van der Waals surface area contributed by atoms with E-state index in [0.29, 0.717) is 23.0 Å². The van der Waals surface area contributed by atoms with Crippen LogP contribution in [-0.4, -0.2) is 34.5 Å². The fourth-order valence-corrected chi connectivity index (χ4v) is 3.04. The van der Waals surface area contributed by atoms with Crippen LogP contribution in [0.15, 0.2) is 66.7 Å². The Labute approximate surface area is 176 Å². The molecule has 2 N–H and O–H groups in total. The summed E-state index contributed by atoms with van der Waals surface area (Å²) in [6, 6.07) is 18.6. The van der Waals surface area contributed by atoms with Gasteiger partial charge in [-0.25, -0.2) is 4.98 Å². The van der Waals surface area contributed by atoms with Crippen molar-refractivity contribution in [3.05, 3.63) is 76.8 Å². The number of imidazole rings is 1. The second-order valence-electron chi connectivity index (χ2n) is 6.61. The van der Waals surface area contributed by atoms with Crippen molar-refractivity contribution in [3.8, 4) is 22.9 Å². The number of non-ortho nitro benzene ring substituents is 1. The number of nitrogens with one attached hydrogen (secondary N) is 2. The fraction of sp³-hybridized carbons (Fsp3) is 0.0909. The minimum atomic E-state index is -0.502. The van der Waals surface area contributed by atoms with Crippen LogP contribution in [0, 0.1) is 10.1 Å². The third kappa shape index (κ3) is 4.45. The van der Waals surface area contributed by atoms with Crippen molar-refractivity contribution in [1.82, 2.24) is 9.97 Å². The number of amides is 1. The van der Waals surface area contributed by atoms with Gasteiger partial charge >= 0.3 is 0 Å². The van der Waals surface area contributed by atoms with Crippen molar-refractivity contribution < 1.29 is 19.2 Å². The molecule has 0 bridgehead atoms. The number of hydrogen-bond donors (Lipinski definition) is 2. The lowest BCUT2D eigenvalue weighted by molar-refractivity contribution is -0.384. The molecule has 156 valence electrons. The normalized spacial score (nSPS) is 10.6. The van der Waals surface area contributed by atoms with E-state index >= 15 is 0 Å². The van der Waals surface area contributed by atoms with E-state index in [1.165, 1.54) is 31.4 Å². The van der Waals surface area contributed by atoms with E-state index in [9.17, 15) is 14.9 Å². The number of nitro groups is 1. The van der Waals surface area contributed by atoms with Gasteiger partial charge in [0.2, 0.25) is 0 Å². The number of methoxy groups -OCH3 is 1. The molecule has 9 nitrogen and oxygen atoms in total.